The van der Waals surface area contributed by atoms with E-state index in [0.717, 1.165) is 11.1 Å². The molecule has 0 fully saturated rings. The molecule has 0 aliphatic heterocycles. The summed E-state index contributed by atoms with van der Waals surface area (Å²) in [5.74, 6) is 1.29. The van der Waals surface area contributed by atoms with Gasteiger partial charge in [0.25, 0.3) is 0 Å². The van der Waals surface area contributed by atoms with E-state index < -0.39 is 5.97 Å². The Balaban J connectivity index is 2.12. The molecular formula is C21H19NO5. The number of esters is 1. The second kappa shape index (κ2) is 9.68. The second-order valence-corrected chi connectivity index (χ2v) is 5.24. The maximum absolute atomic E-state index is 12.1. The van der Waals surface area contributed by atoms with Crippen LogP contribution in [0.15, 0.2) is 48.6 Å². The molecule has 6 nitrogen and oxygen atoms in total. The highest BCUT2D eigenvalue weighted by molar-refractivity contribution is 5.89. The lowest BCUT2D eigenvalue weighted by molar-refractivity contribution is -0.129. The van der Waals surface area contributed by atoms with E-state index in [1.165, 1.54) is 19.3 Å². The fourth-order valence-electron chi connectivity index (χ4n) is 2.27. The molecule has 2 aromatic rings. The lowest BCUT2D eigenvalue weighted by Crippen LogP contribution is -2.05. The summed E-state index contributed by atoms with van der Waals surface area (Å²) in [6.45, 7) is 0. The van der Waals surface area contributed by atoms with E-state index in [0.29, 0.717) is 17.2 Å². The first-order chi connectivity index (χ1) is 13.1. The number of nitrogens with zero attached hydrogens (tertiary/aromatic N) is 1. The van der Waals surface area contributed by atoms with Gasteiger partial charge in [-0.05, 0) is 47.5 Å². The zero-order valence-corrected chi connectivity index (χ0v) is 15.3. The van der Waals surface area contributed by atoms with Crippen LogP contribution in [0.2, 0.25) is 0 Å². The summed E-state index contributed by atoms with van der Waals surface area (Å²) >= 11 is 0. The first kappa shape index (κ1) is 19.6. The van der Waals surface area contributed by atoms with Crippen LogP contribution in [-0.4, -0.2) is 27.3 Å². The molecule has 138 valence electrons. The summed E-state index contributed by atoms with van der Waals surface area (Å²) in [4.78, 5) is 12.1. The van der Waals surface area contributed by atoms with Gasteiger partial charge in [0.1, 0.15) is 0 Å². The van der Waals surface area contributed by atoms with E-state index in [-0.39, 0.29) is 5.75 Å². The van der Waals surface area contributed by atoms with Gasteiger partial charge in [-0.2, -0.15) is 5.26 Å². The van der Waals surface area contributed by atoms with Crippen molar-refractivity contribution in [2.24, 2.45) is 0 Å². The molecule has 6 heteroatoms. The van der Waals surface area contributed by atoms with Crippen LogP contribution in [0.5, 0.6) is 23.0 Å². The zero-order chi connectivity index (χ0) is 19.6. The summed E-state index contributed by atoms with van der Waals surface area (Å²) in [6.07, 6.45) is 5.91. The third kappa shape index (κ3) is 5.38. The molecule has 0 unspecified atom stereocenters. The van der Waals surface area contributed by atoms with E-state index in [9.17, 15) is 4.79 Å². The largest absolute Gasteiger partial charge is 0.493 e. The van der Waals surface area contributed by atoms with Gasteiger partial charge in [-0.25, -0.2) is 4.79 Å². The molecule has 0 aliphatic carbocycles. The van der Waals surface area contributed by atoms with Gasteiger partial charge in [0.05, 0.1) is 27.4 Å². The smallest absolute Gasteiger partial charge is 0.336 e. The molecular weight excluding hydrogens is 346 g/mol. The number of hydrogen-bond donors (Lipinski definition) is 0. The average molecular weight is 365 g/mol. The van der Waals surface area contributed by atoms with Crippen LogP contribution in [0, 0.1) is 11.3 Å². The van der Waals surface area contributed by atoms with Gasteiger partial charge in [-0.15, -0.1) is 0 Å². The van der Waals surface area contributed by atoms with Crippen molar-refractivity contribution in [3.8, 4) is 29.1 Å². The van der Waals surface area contributed by atoms with Crippen molar-refractivity contribution in [3.63, 3.8) is 0 Å². The molecule has 0 aromatic heterocycles. The summed E-state index contributed by atoms with van der Waals surface area (Å²) < 4.78 is 21.0. The third-order valence-corrected chi connectivity index (χ3v) is 3.57. The maximum Gasteiger partial charge on any atom is 0.336 e. The van der Waals surface area contributed by atoms with Gasteiger partial charge in [0.2, 0.25) is 0 Å². The summed E-state index contributed by atoms with van der Waals surface area (Å²) in [5.41, 5.74) is 1.52. The zero-order valence-electron chi connectivity index (χ0n) is 15.3. The molecule has 27 heavy (non-hydrogen) atoms. The molecule has 0 aliphatic rings. The molecule has 0 saturated carbocycles. The van der Waals surface area contributed by atoms with Gasteiger partial charge in [0, 0.05) is 12.2 Å². The van der Waals surface area contributed by atoms with E-state index in [4.69, 9.17) is 24.2 Å². The van der Waals surface area contributed by atoms with Crippen LogP contribution >= 0.6 is 0 Å². The molecule has 0 N–H and O–H groups in total. The van der Waals surface area contributed by atoms with Gasteiger partial charge >= 0.3 is 5.97 Å². The highest BCUT2D eigenvalue weighted by Gasteiger charge is 2.09. The summed E-state index contributed by atoms with van der Waals surface area (Å²) in [6, 6.07) is 12.2. The van der Waals surface area contributed by atoms with Crippen LogP contribution in [0.3, 0.4) is 0 Å². The molecule has 0 saturated heterocycles. The van der Waals surface area contributed by atoms with Crippen molar-refractivity contribution in [2.75, 3.05) is 21.3 Å². The van der Waals surface area contributed by atoms with Crippen LogP contribution in [-0.2, 0) is 4.79 Å². The highest BCUT2D eigenvalue weighted by atomic mass is 16.6. The maximum atomic E-state index is 12.1. The molecule has 0 amide bonds. The number of benzene rings is 2. The predicted molar refractivity (Wildman–Crippen MR) is 102 cm³/mol. The van der Waals surface area contributed by atoms with Crippen LogP contribution in [0.25, 0.3) is 12.2 Å². The van der Waals surface area contributed by atoms with Crippen LogP contribution < -0.4 is 18.9 Å². The number of rotatable bonds is 7. The Bertz CT molecular complexity index is 909. The van der Waals surface area contributed by atoms with Gasteiger partial charge in [-0.1, -0.05) is 12.1 Å². The molecule has 2 aromatic carbocycles. The number of carbonyl (C=O) groups excluding carboxylic acids is 1. The molecule has 0 radical (unpaired) electrons. The summed E-state index contributed by atoms with van der Waals surface area (Å²) in [5, 5.41) is 8.58. The van der Waals surface area contributed by atoms with Crippen molar-refractivity contribution in [2.45, 2.75) is 0 Å². The van der Waals surface area contributed by atoms with Crippen molar-refractivity contribution >= 4 is 18.1 Å². The quantitative estimate of drug-likeness (QED) is 0.321. The monoisotopic (exact) mass is 365 g/mol. The predicted octanol–water partition coefficient (Wildman–Crippen LogP) is 3.87. The lowest BCUT2D eigenvalue weighted by Gasteiger charge is -2.09. The Morgan fingerprint density at radius 3 is 2.00 bits per heavy atom. The summed E-state index contributed by atoms with van der Waals surface area (Å²) in [7, 11) is 4.57. The van der Waals surface area contributed by atoms with E-state index >= 15 is 0 Å². The lowest BCUT2D eigenvalue weighted by atomic mass is 10.2. The Morgan fingerprint density at radius 2 is 1.41 bits per heavy atom. The minimum Gasteiger partial charge on any atom is -0.493 e. The molecule has 0 heterocycles. The van der Waals surface area contributed by atoms with Crippen LogP contribution in [0.4, 0.5) is 0 Å². The molecule has 0 bridgehead atoms. The number of ether oxygens (including phenoxy) is 4. The molecule has 0 spiro atoms. The first-order valence-corrected chi connectivity index (χ1v) is 7.97. The molecule has 2 rings (SSSR count). The fourth-order valence-corrected chi connectivity index (χ4v) is 2.27. The normalized spacial score (nSPS) is 10.6. The third-order valence-electron chi connectivity index (χ3n) is 3.57. The van der Waals surface area contributed by atoms with Crippen molar-refractivity contribution < 1.29 is 23.7 Å². The fraction of sp³-hybridized carbons (Fsp3) is 0.143. The number of carbonyl (C=O) groups is 1. The second-order valence-electron chi connectivity index (χ2n) is 5.24. The SMILES string of the molecule is COc1ccc(/C=C/C(=O)Oc2ccc(/C=C\C#N)cc2OC)cc1OC. The number of nitriles is 1. The first-order valence-electron chi connectivity index (χ1n) is 7.97. The number of methoxy groups -OCH3 is 3. The van der Waals surface area contributed by atoms with Crippen LogP contribution in [0.1, 0.15) is 11.1 Å². The van der Waals surface area contributed by atoms with E-state index in [2.05, 4.69) is 0 Å². The average Bonchev–Trinajstić information content (AvgIpc) is 2.71. The van der Waals surface area contributed by atoms with E-state index in [1.807, 2.05) is 6.07 Å². The Labute approximate surface area is 157 Å². The number of allylic oxidation sites excluding steroid dienone is 1. The van der Waals surface area contributed by atoms with Gasteiger partial charge in [-0.3, -0.25) is 0 Å². The number of hydrogen-bond acceptors (Lipinski definition) is 6. The van der Waals surface area contributed by atoms with Crippen molar-refractivity contribution in [3.05, 3.63) is 59.7 Å². The van der Waals surface area contributed by atoms with E-state index in [1.54, 1.807) is 62.8 Å². The standard InChI is InChI=1S/C21H19NO5/c1-24-17-9-6-16(14-19(17)25-2)8-11-21(23)27-18-10-7-15(5-4-12-22)13-20(18)26-3/h4-11,13-14H,1-3H3/b5-4-,11-8+. The van der Waals surface area contributed by atoms with Crippen molar-refractivity contribution in [1.29, 1.82) is 5.26 Å². The minimum absolute atomic E-state index is 0.286. The van der Waals surface area contributed by atoms with Gasteiger partial charge in [0.15, 0.2) is 23.0 Å². The van der Waals surface area contributed by atoms with Gasteiger partial charge < -0.3 is 18.9 Å². The topological polar surface area (TPSA) is 77.8 Å². The minimum atomic E-state index is -0.552. The Hall–Kier alpha value is -3.72. The Kier molecular flexibility index (Phi) is 7.03. The van der Waals surface area contributed by atoms with Crippen molar-refractivity contribution in [1.82, 2.24) is 0 Å². The molecule has 0 atom stereocenters. The highest BCUT2D eigenvalue weighted by Crippen LogP contribution is 2.30. The Morgan fingerprint density at radius 1 is 0.852 bits per heavy atom.